The maximum Gasteiger partial charge on any atom is 0.152 e. The number of carbonyl (C=O) groups is 1. The van der Waals surface area contributed by atoms with Crippen LogP contribution in [0.5, 0.6) is 0 Å². The number of hydrogen-bond donors (Lipinski definition) is 0. The van der Waals surface area contributed by atoms with Gasteiger partial charge in [-0.3, -0.25) is 4.79 Å². The van der Waals surface area contributed by atoms with Gasteiger partial charge in [0, 0.05) is 30.9 Å². The summed E-state index contributed by atoms with van der Waals surface area (Å²) in [5.74, 6) is -0.370. The summed E-state index contributed by atoms with van der Waals surface area (Å²) < 4.78 is 13.1. The second-order valence-electron chi connectivity index (χ2n) is 4.61. The van der Waals surface area contributed by atoms with E-state index in [1.807, 2.05) is 14.1 Å². The lowest BCUT2D eigenvalue weighted by Crippen LogP contribution is -2.33. The fourth-order valence-corrected chi connectivity index (χ4v) is 1.85. The van der Waals surface area contributed by atoms with Gasteiger partial charge in [0.2, 0.25) is 0 Å². The van der Waals surface area contributed by atoms with Gasteiger partial charge in [-0.15, -0.1) is 0 Å². The largest absolute Gasteiger partial charge is 0.370 e. The monoisotopic (exact) mass is 252 g/mol. The summed E-state index contributed by atoms with van der Waals surface area (Å²) in [6.45, 7) is 4.68. The summed E-state index contributed by atoms with van der Waals surface area (Å²) in [5.41, 5.74) is 1.23. The van der Waals surface area contributed by atoms with Crippen molar-refractivity contribution in [3.63, 3.8) is 0 Å². The van der Waals surface area contributed by atoms with E-state index in [1.165, 1.54) is 12.1 Å². The minimum absolute atomic E-state index is 0.370. The first kappa shape index (κ1) is 14.6. The molecule has 0 bridgehead atoms. The van der Waals surface area contributed by atoms with Crippen LogP contribution in [0.2, 0.25) is 0 Å². The van der Waals surface area contributed by atoms with Crippen molar-refractivity contribution in [2.24, 2.45) is 0 Å². The zero-order valence-electron chi connectivity index (χ0n) is 11.3. The molecule has 0 radical (unpaired) electrons. The second-order valence-corrected chi connectivity index (χ2v) is 4.61. The highest BCUT2D eigenvalue weighted by molar-refractivity contribution is 5.84. The highest BCUT2D eigenvalue weighted by atomic mass is 19.1. The maximum atomic E-state index is 13.1. The van der Waals surface area contributed by atoms with Gasteiger partial charge in [-0.25, -0.2) is 4.39 Å². The quantitative estimate of drug-likeness (QED) is 0.696. The van der Waals surface area contributed by atoms with Gasteiger partial charge in [0.05, 0.1) is 0 Å². The van der Waals surface area contributed by atoms with Crippen LogP contribution in [-0.4, -0.2) is 44.9 Å². The zero-order chi connectivity index (χ0) is 13.5. The van der Waals surface area contributed by atoms with Crippen molar-refractivity contribution < 1.29 is 9.18 Å². The van der Waals surface area contributed by atoms with Crippen molar-refractivity contribution in [2.45, 2.75) is 13.3 Å². The van der Waals surface area contributed by atoms with Gasteiger partial charge < -0.3 is 9.80 Å². The lowest BCUT2D eigenvalue weighted by Gasteiger charge is -2.27. The van der Waals surface area contributed by atoms with Crippen LogP contribution < -0.4 is 4.90 Å². The number of rotatable bonds is 7. The number of hydrogen-bond acceptors (Lipinski definition) is 3. The van der Waals surface area contributed by atoms with E-state index in [0.29, 0.717) is 5.56 Å². The molecule has 0 unspecified atom stereocenters. The molecule has 1 aromatic rings. The molecule has 0 aromatic heterocycles. The predicted molar refractivity (Wildman–Crippen MR) is 72.8 cm³/mol. The molecule has 0 saturated carbocycles. The van der Waals surface area contributed by atoms with Gasteiger partial charge in [0.15, 0.2) is 6.29 Å². The fourth-order valence-electron chi connectivity index (χ4n) is 1.85. The Hall–Kier alpha value is -1.42. The number of nitrogens with zero attached hydrogens (tertiary/aromatic N) is 2. The van der Waals surface area contributed by atoms with Crippen LogP contribution in [-0.2, 0) is 0 Å². The number of carbonyl (C=O) groups excluding carboxylic acids is 1. The Morgan fingerprint density at radius 2 is 1.94 bits per heavy atom. The molecule has 0 aliphatic carbocycles. The SMILES string of the molecule is CCCN(CCN(C)C)c1ccc(F)cc1C=O. The molecule has 0 spiro atoms. The molecule has 0 fully saturated rings. The molecule has 0 aliphatic heterocycles. The Bertz CT molecular complexity index is 393. The maximum absolute atomic E-state index is 13.1. The standard InChI is InChI=1S/C14H21FN2O/c1-4-7-17(9-8-16(2)3)14-6-5-13(15)10-12(14)11-18/h5-6,10-11H,4,7-9H2,1-3H3. The van der Waals surface area contributed by atoms with Crippen molar-refractivity contribution >= 4 is 12.0 Å². The molecule has 0 heterocycles. The summed E-state index contributed by atoms with van der Waals surface area (Å²) in [6.07, 6.45) is 1.71. The van der Waals surface area contributed by atoms with Crippen LogP contribution in [0.4, 0.5) is 10.1 Å². The highest BCUT2D eigenvalue weighted by Crippen LogP contribution is 2.20. The van der Waals surface area contributed by atoms with E-state index in [4.69, 9.17) is 0 Å². The average molecular weight is 252 g/mol. The minimum Gasteiger partial charge on any atom is -0.370 e. The van der Waals surface area contributed by atoms with Crippen molar-refractivity contribution in [1.82, 2.24) is 4.90 Å². The van der Waals surface area contributed by atoms with Gasteiger partial charge in [-0.05, 0) is 38.7 Å². The Labute approximate surface area is 108 Å². The molecule has 0 amide bonds. The number of benzene rings is 1. The molecular formula is C14H21FN2O. The number of halogens is 1. The summed E-state index contributed by atoms with van der Waals surface area (Å²) in [7, 11) is 4.02. The molecule has 0 aliphatic rings. The molecule has 18 heavy (non-hydrogen) atoms. The van der Waals surface area contributed by atoms with Crippen LogP contribution in [0.15, 0.2) is 18.2 Å². The molecule has 100 valence electrons. The first-order valence-corrected chi connectivity index (χ1v) is 6.23. The van der Waals surface area contributed by atoms with Crippen molar-refractivity contribution in [3.05, 3.63) is 29.6 Å². The van der Waals surface area contributed by atoms with E-state index in [1.54, 1.807) is 6.07 Å². The third-order valence-corrected chi connectivity index (χ3v) is 2.77. The molecule has 0 atom stereocenters. The van der Waals surface area contributed by atoms with Crippen molar-refractivity contribution in [1.29, 1.82) is 0 Å². The Balaban J connectivity index is 2.93. The third-order valence-electron chi connectivity index (χ3n) is 2.77. The van der Waals surface area contributed by atoms with Crippen LogP contribution >= 0.6 is 0 Å². The fraction of sp³-hybridized carbons (Fsp3) is 0.500. The van der Waals surface area contributed by atoms with E-state index >= 15 is 0 Å². The smallest absolute Gasteiger partial charge is 0.152 e. The first-order valence-electron chi connectivity index (χ1n) is 6.23. The van der Waals surface area contributed by atoms with Crippen molar-refractivity contribution in [2.75, 3.05) is 38.6 Å². The van der Waals surface area contributed by atoms with Crippen LogP contribution in [0.25, 0.3) is 0 Å². The molecular weight excluding hydrogens is 231 g/mol. The summed E-state index contributed by atoms with van der Waals surface area (Å²) in [6, 6.07) is 4.38. The Morgan fingerprint density at radius 1 is 1.22 bits per heavy atom. The van der Waals surface area contributed by atoms with Crippen LogP contribution in [0.3, 0.4) is 0 Å². The molecule has 0 N–H and O–H groups in total. The Kier molecular flexibility index (Phi) is 5.78. The average Bonchev–Trinajstić information content (AvgIpc) is 2.34. The van der Waals surface area contributed by atoms with Gasteiger partial charge >= 0.3 is 0 Å². The van der Waals surface area contributed by atoms with E-state index in [0.717, 1.165) is 38.0 Å². The second kappa shape index (κ2) is 7.11. The normalized spacial score (nSPS) is 10.7. The Morgan fingerprint density at radius 3 is 2.50 bits per heavy atom. The van der Waals surface area contributed by atoms with Gasteiger partial charge in [0.1, 0.15) is 5.82 Å². The van der Waals surface area contributed by atoms with E-state index in [-0.39, 0.29) is 5.82 Å². The lowest BCUT2D eigenvalue weighted by molar-refractivity contribution is 0.112. The molecule has 3 nitrogen and oxygen atoms in total. The van der Waals surface area contributed by atoms with Gasteiger partial charge in [0.25, 0.3) is 0 Å². The van der Waals surface area contributed by atoms with Crippen LogP contribution in [0.1, 0.15) is 23.7 Å². The minimum atomic E-state index is -0.370. The molecule has 0 saturated heterocycles. The molecule has 1 aromatic carbocycles. The molecule has 4 heteroatoms. The summed E-state index contributed by atoms with van der Waals surface area (Å²) >= 11 is 0. The lowest BCUT2D eigenvalue weighted by atomic mass is 10.1. The topological polar surface area (TPSA) is 23.6 Å². The van der Waals surface area contributed by atoms with E-state index < -0.39 is 0 Å². The first-order chi connectivity index (χ1) is 8.58. The van der Waals surface area contributed by atoms with E-state index in [9.17, 15) is 9.18 Å². The number of likely N-dealkylation sites (N-methyl/N-ethyl adjacent to an activating group) is 1. The third kappa shape index (κ3) is 4.11. The zero-order valence-corrected chi connectivity index (χ0v) is 11.3. The van der Waals surface area contributed by atoms with E-state index in [2.05, 4.69) is 16.7 Å². The van der Waals surface area contributed by atoms with Gasteiger partial charge in [-0.2, -0.15) is 0 Å². The number of aldehydes is 1. The molecule has 1 rings (SSSR count). The van der Waals surface area contributed by atoms with Crippen LogP contribution in [0, 0.1) is 5.82 Å². The highest BCUT2D eigenvalue weighted by Gasteiger charge is 2.11. The summed E-state index contributed by atoms with van der Waals surface area (Å²) in [5, 5.41) is 0. The van der Waals surface area contributed by atoms with Crippen molar-refractivity contribution in [3.8, 4) is 0 Å². The van der Waals surface area contributed by atoms with Gasteiger partial charge in [-0.1, -0.05) is 6.92 Å². The summed E-state index contributed by atoms with van der Waals surface area (Å²) in [4.78, 5) is 15.2. The number of anilines is 1. The predicted octanol–water partition coefficient (Wildman–Crippen LogP) is 2.42.